The molecule has 1 heterocycles. The molecule has 150 valence electrons. The lowest BCUT2D eigenvalue weighted by Crippen LogP contribution is -2.36. The van der Waals surface area contributed by atoms with Crippen molar-refractivity contribution in [2.75, 3.05) is 11.9 Å². The van der Waals surface area contributed by atoms with E-state index in [1.807, 2.05) is 24.3 Å². The molecule has 0 spiro atoms. The maximum absolute atomic E-state index is 12.6. The number of hydrogen-bond donors (Lipinski definition) is 2. The van der Waals surface area contributed by atoms with E-state index in [9.17, 15) is 13.2 Å². The summed E-state index contributed by atoms with van der Waals surface area (Å²) in [4.78, 5) is 14.9. The molecule has 0 radical (unpaired) electrons. The number of likely N-dealkylation sites (tertiary alicyclic amines) is 1. The van der Waals surface area contributed by atoms with Gasteiger partial charge in [-0.2, -0.15) is 0 Å². The Hall–Kier alpha value is -1.74. The number of halogens is 1. The fourth-order valence-corrected chi connectivity index (χ4v) is 4.34. The first-order chi connectivity index (χ1) is 13.2. The number of sulfonamides is 1. The zero-order chi connectivity index (χ0) is 20.3. The molecule has 3 rings (SSSR count). The summed E-state index contributed by atoms with van der Waals surface area (Å²) in [6.07, 6.45) is 3.77. The van der Waals surface area contributed by atoms with E-state index in [0.717, 1.165) is 13.1 Å². The molecule has 2 aromatic carbocycles. The second-order valence-electron chi connectivity index (χ2n) is 7.15. The highest BCUT2D eigenvalue weighted by molar-refractivity contribution is 9.10. The van der Waals surface area contributed by atoms with E-state index in [-0.39, 0.29) is 10.5 Å². The Labute approximate surface area is 174 Å². The van der Waals surface area contributed by atoms with E-state index in [1.165, 1.54) is 43.0 Å². The number of amides is 1. The minimum absolute atomic E-state index is 0.105. The lowest BCUT2D eigenvalue weighted by atomic mass is 10.0. The Bertz CT molecular complexity index is 961. The van der Waals surface area contributed by atoms with Crippen LogP contribution in [-0.2, 0) is 16.6 Å². The van der Waals surface area contributed by atoms with Crippen LogP contribution in [0.3, 0.4) is 0 Å². The Morgan fingerprint density at radius 2 is 1.93 bits per heavy atom. The molecule has 1 unspecified atom stereocenters. The third-order valence-electron chi connectivity index (χ3n) is 5.05. The number of benzene rings is 2. The molecule has 28 heavy (non-hydrogen) atoms. The van der Waals surface area contributed by atoms with Crippen molar-refractivity contribution in [3.8, 4) is 0 Å². The molecule has 0 saturated carbocycles. The van der Waals surface area contributed by atoms with Gasteiger partial charge in [-0.15, -0.1) is 0 Å². The van der Waals surface area contributed by atoms with Gasteiger partial charge in [0.15, 0.2) is 0 Å². The second kappa shape index (κ2) is 8.73. The highest BCUT2D eigenvalue weighted by Gasteiger charge is 2.18. The summed E-state index contributed by atoms with van der Waals surface area (Å²) in [5.41, 5.74) is 2.05. The Balaban J connectivity index is 1.69. The van der Waals surface area contributed by atoms with Crippen LogP contribution in [0.25, 0.3) is 0 Å². The lowest BCUT2D eigenvalue weighted by Gasteiger charge is -2.33. The maximum atomic E-state index is 12.6. The summed E-state index contributed by atoms with van der Waals surface area (Å²) < 4.78 is 23.5. The number of nitrogens with zero attached hydrogens (tertiary/aromatic N) is 1. The third-order valence-corrected chi connectivity index (χ3v) is 6.65. The average molecular weight is 466 g/mol. The molecule has 1 fully saturated rings. The van der Waals surface area contributed by atoms with Crippen LogP contribution in [0.4, 0.5) is 5.69 Å². The van der Waals surface area contributed by atoms with Gasteiger partial charge >= 0.3 is 0 Å². The van der Waals surface area contributed by atoms with E-state index in [1.54, 1.807) is 0 Å². The van der Waals surface area contributed by atoms with Crippen molar-refractivity contribution in [2.24, 2.45) is 5.14 Å². The van der Waals surface area contributed by atoms with E-state index in [2.05, 4.69) is 33.1 Å². The van der Waals surface area contributed by atoms with Crippen LogP contribution in [0.5, 0.6) is 0 Å². The lowest BCUT2D eigenvalue weighted by molar-refractivity contribution is 0.102. The minimum Gasteiger partial charge on any atom is -0.322 e. The number of carbonyl (C=O) groups is 1. The van der Waals surface area contributed by atoms with Crippen molar-refractivity contribution >= 4 is 37.5 Å². The van der Waals surface area contributed by atoms with Crippen LogP contribution >= 0.6 is 15.9 Å². The number of nitrogens with one attached hydrogen (secondary N) is 1. The van der Waals surface area contributed by atoms with Crippen molar-refractivity contribution in [1.29, 1.82) is 0 Å². The molecule has 0 aromatic heterocycles. The van der Waals surface area contributed by atoms with E-state index >= 15 is 0 Å². The van der Waals surface area contributed by atoms with Gasteiger partial charge in [0.25, 0.3) is 5.91 Å². The SMILES string of the molecule is CC1CCCCN1Cc1ccc(NC(=O)c2cc(S(N)(=O)=O)ccc2Br)cc1. The minimum atomic E-state index is -3.88. The third kappa shape index (κ3) is 5.20. The first-order valence-electron chi connectivity index (χ1n) is 9.21. The zero-order valence-electron chi connectivity index (χ0n) is 15.7. The van der Waals surface area contributed by atoms with Crippen molar-refractivity contribution in [1.82, 2.24) is 4.90 Å². The fraction of sp³-hybridized carbons (Fsp3) is 0.350. The molecule has 2 aromatic rings. The maximum Gasteiger partial charge on any atom is 0.256 e. The van der Waals surface area contributed by atoms with Crippen molar-refractivity contribution in [2.45, 2.75) is 43.7 Å². The van der Waals surface area contributed by atoms with Crippen LogP contribution in [0.2, 0.25) is 0 Å². The number of primary sulfonamides is 1. The summed E-state index contributed by atoms with van der Waals surface area (Å²) in [6, 6.07) is 12.4. The molecule has 1 aliphatic heterocycles. The number of rotatable bonds is 5. The predicted molar refractivity (Wildman–Crippen MR) is 114 cm³/mol. The molecule has 3 N–H and O–H groups in total. The summed E-state index contributed by atoms with van der Waals surface area (Å²) in [7, 11) is -3.88. The van der Waals surface area contributed by atoms with E-state index in [0.29, 0.717) is 16.2 Å². The van der Waals surface area contributed by atoms with Crippen molar-refractivity contribution in [3.05, 3.63) is 58.1 Å². The van der Waals surface area contributed by atoms with Crippen LogP contribution in [0.1, 0.15) is 42.1 Å². The molecule has 6 nitrogen and oxygen atoms in total. The molecule has 1 amide bonds. The summed E-state index contributed by atoms with van der Waals surface area (Å²) in [5.74, 6) is -0.408. The normalized spacial score (nSPS) is 18.0. The van der Waals surface area contributed by atoms with Crippen molar-refractivity contribution < 1.29 is 13.2 Å². The smallest absolute Gasteiger partial charge is 0.256 e. The van der Waals surface area contributed by atoms with Crippen molar-refractivity contribution in [3.63, 3.8) is 0 Å². The Kier molecular flexibility index (Phi) is 6.54. The van der Waals surface area contributed by atoms with E-state index < -0.39 is 15.9 Å². The van der Waals surface area contributed by atoms with Gasteiger partial charge in [0.2, 0.25) is 10.0 Å². The van der Waals surface area contributed by atoms with Gasteiger partial charge in [0, 0.05) is 22.7 Å². The van der Waals surface area contributed by atoms with Gasteiger partial charge in [-0.1, -0.05) is 18.6 Å². The van der Waals surface area contributed by atoms with Gasteiger partial charge in [0.05, 0.1) is 10.5 Å². The first kappa shape index (κ1) is 21.0. The number of carbonyl (C=O) groups excluding carboxylic acids is 1. The first-order valence-corrected chi connectivity index (χ1v) is 11.5. The highest BCUT2D eigenvalue weighted by Crippen LogP contribution is 2.23. The van der Waals surface area contributed by atoms with Gasteiger partial charge < -0.3 is 5.32 Å². The largest absolute Gasteiger partial charge is 0.322 e. The number of piperidine rings is 1. The predicted octanol–water partition coefficient (Wildman–Crippen LogP) is 3.72. The van der Waals surface area contributed by atoms with E-state index in [4.69, 9.17) is 5.14 Å². The molecule has 1 atom stereocenters. The molecule has 8 heteroatoms. The molecule has 0 bridgehead atoms. The molecule has 1 saturated heterocycles. The molecule has 1 aliphatic rings. The van der Waals surface area contributed by atoms with Crippen LogP contribution in [-0.4, -0.2) is 31.8 Å². The number of hydrogen-bond acceptors (Lipinski definition) is 4. The molecular formula is C20H24BrN3O3S. The summed E-state index contributed by atoms with van der Waals surface area (Å²) in [5, 5.41) is 7.95. The van der Waals surface area contributed by atoms with Crippen LogP contribution in [0.15, 0.2) is 51.8 Å². The van der Waals surface area contributed by atoms with Gasteiger partial charge in [-0.05, 0) is 78.1 Å². The summed E-state index contributed by atoms with van der Waals surface area (Å²) in [6.45, 7) is 4.28. The summed E-state index contributed by atoms with van der Waals surface area (Å²) >= 11 is 3.28. The van der Waals surface area contributed by atoms with Gasteiger partial charge in [-0.25, -0.2) is 13.6 Å². The Morgan fingerprint density at radius 3 is 2.57 bits per heavy atom. The zero-order valence-corrected chi connectivity index (χ0v) is 18.1. The number of nitrogens with two attached hydrogens (primary N) is 1. The molecular weight excluding hydrogens is 442 g/mol. The highest BCUT2D eigenvalue weighted by atomic mass is 79.9. The van der Waals surface area contributed by atoms with Gasteiger partial charge in [-0.3, -0.25) is 9.69 Å². The fourth-order valence-electron chi connectivity index (χ4n) is 3.37. The topological polar surface area (TPSA) is 92.5 Å². The quantitative estimate of drug-likeness (QED) is 0.703. The van der Waals surface area contributed by atoms with Crippen LogP contribution in [0, 0.1) is 0 Å². The van der Waals surface area contributed by atoms with Gasteiger partial charge in [0.1, 0.15) is 0 Å². The Morgan fingerprint density at radius 1 is 1.21 bits per heavy atom. The van der Waals surface area contributed by atoms with Crippen LogP contribution < -0.4 is 10.5 Å². The standard InChI is InChI=1S/C20H24BrN3O3S/c1-14-4-2-3-11-24(14)13-15-5-7-16(8-6-15)23-20(25)18-12-17(28(22,26)27)9-10-19(18)21/h5-10,12,14H,2-4,11,13H2,1H3,(H,23,25)(H2,22,26,27). The monoisotopic (exact) mass is 465 g/mol. The average Bonchev–Trinajstić information content (AvgIpc) is 2.64. The second-order valence-corrected chi connectivity index (χ2v) is 9.57. The molecule has 0 aliphatic carbocycles. The number of anilines is 1.